The van der Waals surface area contributed by atoms with E-state index in [0.717, 1.165) is 36.9 Å². The molecule has 2 heterocycles. The summed E-state index contributed by atoms with van der Waals surface area (Å²) >= 11 is 7.82. The Morgan fingerprint density at radius 1 is 1.24 bits per heavy atom. The first-order valence-electron chi connectivity index (χ1n) is 8.26. The van der Waals surface area contributed by atoms with Crippen LogP contribution in [0.25, 0.3) is 6.08 Å². The predicted octanol–water partition coefficient (Wildman–Crippen LogP) is 4.10. The second-order valence-electron chi connectivity index (χ2n) is 5.95. The van der Waals surface area contributed by atoms with E-state index in [1.54, 1.807) is 23.5 Å². The minimum atomic E-state index is -0.212. The van der Waals surface area contributed by atoms with Crippen molar-refractivity contribution in [1.29, 1.82) is 0 Å². The number of aromatic nitrogens is 1. The average molecular weight is 377 g/mol. The number of ether oxygens (including phenoxy) is 2. The highest BCUT2D eigenvalue weighted by Crippen LogP contribution is 2.38. The second-order valence-corrected chi connectivity index (χ2v) is 7.44. The van der Waals surface area contributed by atoms with E-state index in [0.29, 0.717) is 34.9 Å². The number of halogens is 1. The highest BCUT2D eigenvalue weighted by molar-refractivity contribution is 7.15. The second kappa shape index (κ2) is 7.06. The van der Waals surface area contributed by atoms with E-state index in [-0.39, 0.29) is 5.91 Å². The third-order valence-corrected chi connectivity index (χ3v) is 5.43. The fourth-order valence-electron chi connectivity index (χ4n) is 2.91. The number of fused-ring (bicyclic) bond motifs is 2. The Labute approximate surface area is 154 Å². The Bertz CT molecular complexity index is 826. The van der Waals surface area contributed by atoms with Crippen molar-refractivity contribution < 1.29 is 14.3 Å². The third-order valence-electron chi connectivity index (χ3n) is 4.08. The molecule has 2 aromatic rings. The molecule has 0 radical (unpaired) electrons. The lowest BCUT2D eigenvalue weighted by Gasteiger charge is -2.09. The number of hydrogen-bond donors (Lipinski definition) is 1. The summed E-state index contributed by atoms with van der Waals surface area (Å²) < 4.78 is 11.3. The van der Waals surface area contributed by atoms with Crippen LogP contribution in [0.1, 0.15) is 29.0 Å². The third kappa shape index (κ3) is 3.65. The number of amides is 1. The van der Waals surface area contributed by atoms with Crippen molar-refractivity contribution in [2.24, 2.45) is 0 Å². The van der Waals surface area contributed by atoms with Crippen molar-refractivity contribution in [2.45, 2.75) is 25.7 Å². The van der Waals surface area contributed by atoms with E-state index in [1.807, 2.05) is 6.07 Å². The minimum absolute atomic E-state index is 0.212. The number of hydrogen-bond acceptors (Lipinski definition) is 5. The number of nitrogens with zero attached hydrogens (tertiary/aromatic N) is 1. The Morgan fingerprint density at radius 3 is 3.00 bits per heavy atom. The number of anilines is 1. The van der Waals surface area contributed by atoms with Crippen LogP contribution in [0.15, 0.2) is 18.2 Å². The summed E-state index contributed by atoms with van der Waals surface area (Å²) in [5.74, 6) is 0.968. The van der Waals surface area contributed by atoms with Crippen LogP contribution in [0.3, 0.4) is 0 Å². The molecule has 0 saturated carbocycles. The highest BCUT2D eigenvalue weighted by Gasteiger charge is 2.17. The molecule has 0 bridgehead atoms. The first-order valence-corrected chi connectivity index (χ1v) is 9.45. The predicted molar refractivity (Wildman–Crippen MR) is 98.9 cm³/mol. The molecule has 7 heteroatoms. The summed E-state index contributed by atoms with van der Waals surface area (Å²) in [6.07, 6.45) is 7.23. The monoisotopic (exact) mass is 376 g/mol. The molecule has 0 fully saturated rings. The van der Waals surface area contributed by atoms with Crippen LogP contribution in [0.2, 0.25) is 5.02 Å². The van der Waals surface area contributed by atoms with E-state index in [2.05, 4.69) is 10.3 Å². The van der Waals surface area contributed by atoms with Gasteiger partial charge in [-0.05, 0) is 43.0 Å². The Morgan fingerprint density at radius 2 is 2.12 bits per heavy atom. The molecule has 0 unspecified atom stereocenters. The number of benzene rings is 1. The molecule has 5 nitrogen and oxygen atoms in total. The van der Waals surface area contributed by atoms with Gasteiger partial charge in [-0.1, -0.05) is 11.6 Å². The zero-order chi connectivity index (χ0) is 17.2. The summed E-state index contributed by atoms with van der Waals surface area (Å²) in [5, 5.41) is 3.97. The number of nitrogens with one attached hydrogen (secondary N) is 1. The standard InChI is InChI=1S/C18H17ClN2O3S/c19-12-9-11(10-14-17(12)24-8-2-7-23-14)5-6-16(22)21-18-20-13-3-1-4-15(13)25-18/h5-6,9-10H,1-4,7-8H2,(H,20,21,22). The quantitative estimate of drug-likeness (QED) is 0.819. The summed E-state index contributed by atoms with van der Waals surface area (Å²) in [6, 6.07) is 3.59. The van der Waals surface area contributed by atoms with Gasteiger partial charge in [-0.3, -0.25) is 10.1 Å². The number of carbonyl (C=O) groups is 1. The van der Waals surface area contributed by atoms with Gasteiger partial charge in [0.05, 0.1) is 23.9 Å². The lowest BCUT2D eigenvalue weighted by atomic mass is 10.2. The molecule has 1 aliphatic carbocycles. The van der Waals surface area contributed by atoms with Gasteiger partial charge in [0.15, 0.2) is 16.6 Å². The molecule has 1 aliphatic heterocycles. The van der Waals surface area contributed by atoms with Crippen LogP contribution >= 0.6 is 22.9 Å². The van der Waals surface area contributed by atoms with Crippen LogP contribution in [-0.2, 0) is 17.6 Å². The van der Waals surface area contributed by atoms with E-state index < -0.39 is 0 Å². The molecule has 4 rings (SSSR count). The van der Waals surface area contributed by atoms with Crippen LogP contribution in [-0.4, -0.2) is 24.1 Å². The van der Waals surface area contributed by atoms with Crippen molar-refractivity contribution in [3.63, 3.8) is 0 Å². The molecule has 1 aromatic heterocycles. The molecule has 0 spiro atoms. The smallest absolute Gasteiger partial charge is 0.250 e. The fraction of sp³-hybridized carbons (Fsp3) is 0.333. The molecule has 1 amide bonds. The minimum Gasteiger partial charge on any atom is -0.489 e. The van der Waals surface area contributed by atoms with Gasteiger partial charge >= 0.3 is 0 Å². The van der Waals surface area contributed by atoms with Crippen LogP contribution in [0.5, 0.6) is 11.5 Å². The van der Waals surface area contributed by atoms with Gasteiger partial charge < -0.3 is 9.47 Å². The summed E-state index contributed by atoms with van der Waals surface area (Å²) in [5.41, 5.74) is 1.91. The molecule has 0 atom stereocenters. The van der Waals surface area contributed by atoms with Gasteiger partial charge in [0.2, 0.25) is 5.91 Å². The number of carbonyl (C=O) groups excluding carboxylic acids is 1. The van der Waals surface area contributed by atoms with Gasteiger partial charge in [-0.15, -0.1) is 11.3 Å². The molecule has 1 N–H and O–H groups in total. The lowest BCUT2D eigenvalue weighted by molar-refractivity contribution is -0.111. The highest BCUT2D eigenvalue weighted by atomic mass is 35.5. The first-order chi connectivity index (χ1) is 12.2. The lowest BCUT2D eigenvalue weighted by Crippen LogP contribution is -2.07. The normalized spacial score (nSPS) is 15.9. The van der Waals surface area contributed by atoms with E-state index in [1.165, 1.54) is 11.0 Å². The topological polar surface area (TPSA) is 60.5 Å². The van der Waals surface area contributed by atoms with Crippen LogP contribution in [0, 0.1) is 0 Å². The number of aryl methyl sites for hydroxylation is 2. The van der Waals surface area contributed by atoms with E-state index in [9.17, 15) is 4.79 Å². The molecular formula is C18H17ClN2O3S. The Hall–Kier alpha value is -2.05. The summed E-state index contributed by atoms with van der Waals surface area (Å²) in [6.45, 7) is 1.17. The number of rotatable bonds is 3. The summed E-state index contributed by atoms with van der Waals surface area (Å²) in [7, 11) is 0. The fourth-order valence-corrected chi connectivity index (χ4v) is 4.24. The zero-order valence-electron chi connectivity index (χ0n) is 13.5. The van der Waals surface area contributed by atoms with Crippen molar-refractivity contribution in [3.8, 4) is 11.5 Å². The van der Waals surface area contributed by atoms with Crippen molar-refractivity contribution >= 4 is 40.1 Å². The van der Waals surface area contributed by atoms with Crippen molar-refractivity contribution in [1.82, 2.24) is 4.98 Å². The molecule has 130 valence electrons. The van der Waals surface area contributed by atoms with Crippen molar-refractivity contribution in [2.75, 3.05) is 18.5 Å². The first kappa shape index (κ1) is 16.4. The average Bonchev–Trinajstić information content (AvgIpc) is 3.07. The van der Waals surface area contributed by atoms with E-state index in [4.69, 9.17) is 21.1 Å². The Balaban J connectivity index is 1.46. The van der Waals surface area contributed by atoms with Gasteiger partial charge in [0.1, 0.15) is 0 Å². The SMILES string of the molecule is O=C(C=Cc1cc(Cl)c2c(c1)OCCCO2)Nc1nc2c(s1)CCC2. The largest absolute Gasteiger partial charge is 0.489 e. The zero-order valence-corrected chi connectivity index (χ0v) is 15.1. The molecular weight excluding hydrogens is 360 g/mol. The molecule has 2 aliphatic rings. The molecule has 25 heavy (non-hydrogen) atoms. The molecule has 1 aromatic carbocycles. The maximum absolute atomic E-state index is 12.1. The van der Waals surface area contributed by atoms with Crippen LogP contribution in [0.4, 0.5) is 5.13 Å². The Kier molecular flexibility index (Phi) is 4.63. The van der Waals surface area contributed by atoms with Gasteiger partial charge in [-0.25, -0.2) is 4.98 Å². The number of thiazole rings is 1. The maximum Gasteiger partial charge on any atom is 0.250 e. The van der Waals surface area contributed by atoms with Gasteiger partial charge in [-0.2, -0.15) is 0 Å². The van der Waals surface area contributed by atoms with Gasteiger partial charge in [0, 0.05) is 17.4 Å². The van der Waals surface area contributed by atoms with Gasteiger partial charge in [0.25, 0.3) is 0 Å². The maximum atomic E-state index is 12.1. The summed E-state index contributed by atoms with van der Waals surface area (Å²) in [4.78, 5) is 17.9. The van der Waals surface area contributed by atoms with Crippen molar-refractivity contribution in [3.05, 3.63) is 39.4 Å². The van der Waals surface area contributed by atoms with E-state index >= 15 is 0 Å². The molecule has 0 saturated heterocycles. The van der Waals surface area contributed by atoms with Crippen LogP contribution < -0.4 is 14.8 Å².